The second-order valence-corrected chi connectivity index (χ2v) is 11.7. The van der Waals surface area contributed by atoms with Gasteiger partial charge in [-0.1, -0.05) is 18.2 Å². The summed E-state index contributed by atoms with van der Waals surface area (Å²) in [5.74, 6) is 0. The zero-order chi connectivity index (χ0) is 24.3. The molecule has 6 nitrogen and oxygen atoms in total. The molecule has 184 valence electrons. The molecule has 2 N–H and O–H groups in total. The minimum absolute atomic E-state index is 0.0857. The predicted octanol–water partition coefficient (Wildman–Crippen LogP) is 5.47. The Balaban J connectivity index is 1.61. The topological polar surface area (TPSA) is 60.6 Å². The molecule has 1 aliphatic heterocycles. The Kier molecular flexibility index (Phi) is 8.28. The summed E-state index contributed by atoms with van der Waals surface area (Å²) in [6, 6.07) is 11.3. The molecule has 0 amide bonds. The van der Waals surface area contributed by atoms with Gasteiger partial charge in [0.05, 0.1) is 26.8 Å². The molecule has 1 fully saturated rings. The number of H-pyrrole nitrogens is 1. The van der Waals surface area contributed by atoms with Crippen molar-refractivity contribution in [3.63, 3.8) is 0 Å². The van der Waals surface area contributed by atoms with Crippen LogP contribution >= 0.6 is 24.1 Å². The van der Waals surface area contributed by atoms with Gasteiger partial charge in [0.25, 0.3) is 0 Å². The van der Waals surface area contributed by atoms with Crippen molar-refractivity contribution in [3.8, 4) is 0 Å². The van der Waals surface area contributed by atoms with Crippen LogP contribution in [0.4, 0.5) is 13.3 Å². The quantitative estimate of drug-likeness (QED) is 0.356. The average molecular weight is 531 g/mol. The summed E-state index contributed by atoms with van der Waals surface area (Å²) in [5, 5.41) is 0.0857. The van der Waals surface area contributed by atoms with Crippen LogP contribution in [0.5, 0.6) is 0 Å². The molecule has 2 aromatic carbocycles. The molecule has 0 bridgehead atoms. The lowest BCUT2D eigenvalue weighted by molar-refractivity contribution is -0.363. The SMILES string of the molecule is CN(C)SN1CCC(NSc2c[nH]c3c(S(=O)c4ccccc4)ccc(C(F)(F)OF)c23)CC1. The molecule has 0 radical (unpaired) electrons. The van der Waals surface area contributed by atoms with Gasteiger partial charge in [-0.2, -0.15) is 8.78 Å². The van der Waals surface area contributed by atoms with Crippen LogP contribution < -0.4 is 4.72 Å². The maximum Gasteiger partial charge on any atom is 0.413 e. The first-order chi connectivity index (χ1) is 16.3. The molecule has 2 heterocycles. The fourth-order valence-electron chi connectivity index (χ4n) is 3.82. The van der Waals surface area contributed by atoms with Crippen LogP contribution in [-0.4, -0.2) is 51.0 Å². The van der Waals surface area contributed by atoms with Gasteiger partial charge in [0.15, 0.2) is 0 Å². The van der Waals surface area contributed by atoms with Gasteiger partial charge in [-0.3, -0.25) is 4.72 Å². The van der Waals surface area contributed by atoms with E-state index in [-0.39, 0.29) is 16.9 Å². The van der Waals surface area contributed by atoms with Crippen molar-refractivity contribution in [3.05, 3.63) is 54.2 Å². The monoisotopic (exact) mass is 530 g/mol. The van der Waals surface area contributed by atoms with Crippen molar-refractivity contribution < 1.29 is 22.5 Å². The number of nitrogens with zero attached hydrogens (tertiary/aromatic N) is 2. The van der Waals surface area contributed by atoms with E-state index in [1.54, 1.807) is 48.7 Å². The number of aromatic nitrogens is 1. The Morgan fingerprint density at radius 1 is 1.18 bits per heavy atom. The number of fused-ring (bicyclic) bond motifs is 1. The number of hydrogen-bond acceptors (Lipinski definition) is 7. The lowest BCUT2D eigenvalue weighted by Crippen LogP contribution is -2.38. The van der Waals surface area contributed by atoms with Crippen LogP contribution in [0.25, 0.3) is 10.9 Å². The molecule has 0 spiro atoms. The highest BCUT2D eigenvalue weighted by Gasteiger charge is 2.38. The van der Waals surface area contributed by atoms with E-state index < -0.39 is 22.5 Å². The third-order valence-electron chi connectivity index (χ3n) is 5.40. The van der Waals surface area contributed by atoms with Crippen molar-refractivity contribution in [1.29, 1.82) is 0 Å². The normalized spacial score (nSPS) is 17.0. The number of nitrogens with one attached hydrogen (secondary N) is 2. The van der Waals surface area contributed by atoms with E-state index in [0.29, 0.717) is 14.7 Å². The number of piperidine rings is 1. The molecule has 0 saturated carbocycles. The van der Waals surface area contributed by atoms with Crippen LogP contribution in [-0.2, 0) is 21.8 Å². The zero-order valence-electron chi connectivity index (χ0n) is 18.6. The van der Waals surface area contributed by atoms with E-state index in [2.05, 4.69) is 19.0 Å². The van der Waals surface area contributed by atoms with Gasteiger partial charge in [0.2, 0.25) is 0 Å². The van der Waals surface area contributed by atoms with Crippen molar-refractivity contribution in [2.24, 2.45) is 0 Å². The first-order valence-electron chi connectivity index (χ1n) is 10.6. The number of benzene rings is 2. The van der Waals surface area contributed by atoms with Crippen LogP contribution in [0.15, 0.2) is 63.3 Å². The maximum atomic E-state index is 14.3. The van der Waals surface area contributed by atoms with Crippen molar-refractivity contribution in [2.45, 2.75) is 39.7 Å². The Morgan fingerprint density at radius 3 is 2.53 bits per heavy atom. The standard InChI is InChI=1S/C22H25F3N4O2S3/c1-28(2)33-29-12-10-15(11-13-29)27-32-18-14-26-21-19(34(30)16-6-4-3-5-7-16)9-8-17(20(18)21)22(23,24)31-25/h3-9,14-15,26-27H,10-13H2,1-2H3. The molecule has 1 saturated heterocycles. The van der Waals surface area contributed by atoms with E-state index in [1.165, 1.54) is 18.0 Å². The highest BCUT2D eigenvalue weighted by Crippen LogP contribution is 2.41. The second kappa shape index (κ2) is 11.0. The van der Waals surface area contributed by atoms with Crippen LogP contribution in [0, 0.1) is 0 Å². The predicted molar refractivity (Wildman–Crippen MR) is 130 cm³/mol. The van der Waals surface area contributed by atoms with Gasteiger partial charge >= 0.3 is 6.11 Å². The molecule has 34 heavy (non-hydrogen) atoms. The fraction of sp³-hybridized carbons (Fsp3) is 0.364. The average Bonchev–Trinajstić information content (AvgIpc) is 3.27. The zero-order valence-corrected chi connectivity index (χ0v) is 21.0. The van der Waals surface area contributed by atoms with Crippen molar-refractivity contribution in [1.82, 2.24) is 18.3 Å². The summed E-state index contributed by atoms with van der Waals surface area (Å²) in [7, 11) is 2.38. The van der Waals surface area contributed by atoms with Gasteiger partial charge in [0.1, 0.15) is 0 Å². The van der Waals surface area contributed by atoms with E-state index in [1.807, 2.05) is 18.4 Å². The highest BCUT2D eigenvalue weighted by molar-refractivity contribution is 7.97. The van der Waals surface area contributed by atoms with E-state index in [0.717, 1.165) is 32.0 Å². The molecule has 1 atom stereocenters. The molecule has 4 rings (SSSR count). The van der Waals surface area contributed by atoms with E-state index in [9.17, 15) is 17.5 Å². The first kappa shape index (κ1) is 25.5. The van der Waals surface area contributed by atoms with Crippen molar-refractivity contribution in [2.75, 3.05) is 27.2 Å². The Hall–Kier alpha value is -1.54. The summed E-state index contributed by atoms with van der Waals surface area (Å²) in [4.78, 5) is 7.32. The lowest BCUT2D eigenvalue weighted by atomic mass is 10.1. The molecule has 0 aliphatic carbocycles. The van der Waals surface area contributed by atoms with Gasteiger partial charge in [-0.05, 0) is 67.7 Å². The van der Waals surface area contributed by atoms with Crippen LogP contribution in [0.3, 0.4) is 0 Å². The third kappa shape index (κ3) is 5.64. The van der Waals surface area contributed by atoms with Crippen molar-refractivity contribution >= 4 is 45.8 Å². The number of aromatic amines is 1. The molecular formula is C22H25F3N4O2S3. The Bertz CT molecular complexity index is 1140. The third-order valence-corrected chi connectivity index (χ3v) is 8.75. The largest absolute Gasteiger partial charge is 0.413 e. The molecule has 1 aliphatic rings. The number of rotatable bonds is 9. The first-order valence-corrected chi connectivity index (χ1v) is 13.3. The number of hydrogen-bond donors (Lipinski definition) is 2. The lowest BCUT2D eigenvalue weighted by Gasteiger charge is -2.32. The molecular weight excluding hydrogens is 505 g/mol. The van der Waals surface area contributed by atoms with Gasteiger partial charge in [-0.15, -0.1) is 4.94 Å². The minimum Gasteiger partial charge on any atom is -0.359 e. The molecule has 1 aromatic heterocycles. The molecule has 1 unspecified atom stereocenters. The Labute approximate surface area is 207 Å². The summed E-state index contributed by atoms with van der Waals surface area (Å²) >= 11 is 2.88. The molecule has 12 heteroatoms. The van der Waals surface area contributed by atoms with Gasteiger partial charge in [0, 0.05) is 52.6 Å². The van der Waals surface area contributed by atoms with Crippen LogP contribution in [0.2, 0.25) is 0 Å². The van der Waals surface area contributed by atoms with E-state index >= 15 is 0 Å². The molecule has 3 aromatic rings. The summed E-state index contributed by atoms with van der Waals surface area (Å²) in [6.07, 6.45) is -0.772. The summed E-state index contributed by atoms with van der Waals surface area (Å²) < 4.78 is 62.3. The fourth-order valence-corrected chi connectivity index (χ4v) is 6.81. The van der Waals surface area contributed by atoms with Crippen LogP contribution in [0.1, 0.15) is 18.4 Å². The van der Waals surface area contributed by atoms with Gasteiger partial charge in [-0.25, -0.2) is 12.8 Å². The minimum atomic E-state index is -4.14. The number of halogens is 3. The number of alkyl halides is 2. The maximum absolute atomic E-state index is 14.3. The Morgan fingerprint density at radius 2 is 1.88 bits per heavy atom. The van der Waals surface area contributed by atoms with Gasteiger partial charge < -0.3 is 4.98 Å². The summed E-state index contributed by atoms with van der Waals surface area (Å²) in [5.41, 5.74) is -0.362. The second-order valence-electron chi connectivity index (χ2n) is 8.01. The van der Waals surface area contributed by atoms with E-state index in [4.69, 9.17) is 0 Å². The summed E-state index contributed by atoms with van der Waals surface area (Å²) in [6.45, 7) is 1.79. The smallest absolute Gasteiger partial charge is 0.359 e. The highest BCUT2D eigenvalue weighted by atomic mass is 32.2.